The number of allylic oxidation sites excluding steroid dienone is 5. The predicted octanol–water partition coefficient (Wildman–Crippen LogP) is 5.96. The van der Waals surface area contributed by atoms with Crippen molar-refractivity contribution < 1.29 is 4.79 Å². The summed E-state index contributed by atoms with van der Waals surface area (Å²) in [6, 6.07) is 11.2. The van der Waals surface area contributed by atoms with Crippen molar-refractivity contribution in [1.29, 1.82) is 0 Å². The van der Waals surface area contributed by atoms with E-state index in [0.29, 0.717) is 6.04 Å². The first-order valence-electron chi connectivity index (χ1n) is 12.2. The van der Waals surface area contributed by atoms with Gasteiger partial charge in [-0.3, -0.25) is 14.7 Å². The molecule has 0 aromatic heterocycles. The minimum absolute atomic E-state index is 0.0874. The van der Waals surface area contributed by atoms with Crippen molar-refractivity contribution >= 4 is 28.8 Å². The van der Waals surface area contributed by atoms with Crippen molar-refractivity contribution in [3.05, 3.63) is 76.4 Å². The van der Waals surface area contributed by atoms with Gasteiger partial charge < -0.3 is 5.32 Å². The van der Waals surface area contributed by atoms with E-state index >= 15 is 0 Å². The van der Waals surface area contributed by atoms with Crippen molar-refractivity contribution in [2.24, 2.45) is 10.9 Å². The van der Waals surface area contributed by atoms with Crippen LogP contribution in [0.15, 0.2) is 75.8 Å². The van der Waals surface area contributed by atoms with Crippen LogP contribution in [0.4, 0.5) is 0 Å². The number of hydrogen-bond donors (Lipinski definition) is 1. The summed E-state index contributed by atoms with van der Waals surface area (Å²) in [5, 5.41) is 3.19. The first-order valence-corrected chi connectivity index (χ1v) is 13.1. The average Bonchev–Trinajstić information content (AvgIpc) is 3.37. The summed E-state index contributed by atoms with van der Waals surface area (Å²) in [5.41, 5.74) is 6.73. The van der Waals surface area contributed by atoms with Crippen molar-refractivity contribution in [2.45, 2.75) is 52.0 Å². The molecule has 4 nitrogen and oxygen atoms in total. The summed E-state index contributed by atoms with van der Waals surface area (Å²) in [6.45, 7) is 7.25. The molecule has 2 heterocycles. The molecule has 5 heteroatoms. The fourth-order valence-corrected chi connectivity index (χ4v) is 5.29. The first-order chi connectivity index (χ1) is 16.1. The van der Waals surface area contributed by atoms with E-state index in [4.69, 9.17) is 0 Å². The van der Waals surface area contributed by atoms with Crippen LogP contribution in [0.25, 0.3) is 5.57 Å². The third-order valence-electron chi connectivity index (χ3n) is 6.76. The molecule has 1 fully saturated rings. The Bertz CT molecular complexity index is 980. The van der Waals surface area contributed by atoms with Crippen LogP contribution in [0, 0.1) is 5.92 Å². The van der Waals surface area contributed by atoms with Gasteiger partial charge in [0, 0.05) is 23.2 Å². The lowest BCUT2D eigenvalue weighted by Crippen LogP contribution is -2.39. The number of aliphatic imine (C=N–C) groups is 1. The van der Waals surface area contributed by atoms with E-state index in [0.717, 1.165) is 38.2 Å². The number of amides is 1. The minimum Gasteiger partial charge on any atom is -0.329 e. The van der Waals surface area contributed by atoms with Gasteiger partial charge in [-0.25, -0.2) is 0 Å². The summed E-state index contributed by atoms with van der Waals surface area (Å²) >= 11 is 1.65. The Kier molecular flexibility index (Phi) is 8.40. The lowest BCUT2D eigenvalue weighted by molar-refractivity contribution is -0.122. The van der Waals surface area contributed by atoms with Gasteiger partial charge in [0.05, 0.1) is 18.0 Å². The predicted molar refractivity (Wildman–Crippen MR) is 141 cm³/mol. The minimum atomic E-state index is -0.139. The molecule has 1 N–H and O–H groups in total. The lowest BCUT2D eigenvalue weighted by atomic mass is 9.85. The molecule has 0 spiro atoms. The fraction of sp³-hybridized carbons (Fsp3) is 0.429. The monoisotopic (exact) mass is 461 g/mol. The fourth-order valence-electron chi connectivity index (χ4n) is 4.71. The first kappa shape index (κ1) is 23.8. The van der Waals surface area contributed by atoms with Gasteiger partial charge in [0.2, 0.25) is 5.91 Å². The molecule has 1 aromatic carbocycles. The molecule has 33 heavy (non-hydrogen) atoms. The zero-order chi connectivity index (χ0) is 23.0. The van der Waals surface area contributed by atoms with Crippen LogP contribution >= 0.6 is 11.8 Å². The summed E-state index contributed by atoms with van der Waals surface area (Å²) in [5.74, 6) is -0.0521. The molecule has 1 aromatic rings. The molecule has 4 rings (SSSR count). The Morgan fingerprint density at radius 3 is 2.85 bits per heavy atom. The number of benzene rings is 1. The topological polar surface area (TPSA) is 44.7 Å². The number of piperidine rings is 1. The van der Waals surface area contributed by atoms with Gasteiger partial charge in [-0.05, 0) is 68.0 Å². The molecule has 0 bridgehead atoms. The zero-order valence-corrected chi connectivity index (χ0v) is 20.6. The van der Waals surface area contributed by atoms with E-state index in [9.17, 15) is 4.79 Å². The highest BCUT2D eigenvalue weighted by Gasteiger charge is 2.26. The molecule has 1 amide bonds. The van der Waals surface area contributed by atoms with Crippen LogP contribution < -0.4 is 5.32 Å². The highest BCUT2D eigenvalue weighted by Crippen LogP contribution is 2.32. The Morgan fingerprint density at radius 1 is 1.27 bits per heavy atom. The molecule has 0 radical (unpaired) electrons. The number of nitrogens with zero attached hydrogens (tertiary/aromatic N) is 2. The standard InChI is InChI=1S/C28H35N3OS/c1-3-25(13-14-26-18-29-20-33-26)30-28(32)23-12-15-27(22-10-5-4-6-11-22)24(17-23)19-31-16-8-7-9-21(31)2/h4-6,10-15,20-21,23H,3,7-9,16-19H2,1-2H3,(H,30,32)/b25-13+,26-14+. The second-order valence-corrected chi connectivity index (χ2v) is 10.1. The summed E-state index contributed by atoms with van der Waals surface area (Å²) in [7, 11) is 0. The third kappa shape index (κ3) is 6.36. The van der Waals surface area contributed by atoms with Crippen LogP contribution in [0.5, 0.6) is 0 Å². The van der Waals surface area contributed by atoms with Crippen molar-refractivity contribution in [2.75, 3.05) is 19.6 Å². The van der Waals surface area contributed by atoms with Crippen LogP contribution in [0.2, 0.25) is 0 Å². The number of nitrogens with one attached hydrogen (secondary N) is 1. The van der Waals surface area contributed by atoms with Crippen LogP contribution in [-0.4, -0.2) is 42.0 Å². The summed E-state index contributed by atoms with van der Waals surface area (Å²) < 4.78 is 0. The van der Waals surface area contributed by atoms with E-state index in [-0.39, 0.29) is 11.8 Å². The molecule has 2 unspecified atom stereocenters. The Hall–Kier alpha value is -2.37. The zero-order valence-electron chi connectivity index (χ0n) is 19.8. The molecule has 1 saturated heterocycles. The smallest absolute Gasteiger partial charge is 0.231 e. The molecule has 1 aliphatic carbocycles. The van der Waals surface area contributed by atoms with Gasteiger partial charge in [-0.1, -0.05) is 67.6 Å². The largest absolute Gasteiger partial charge is 0.329 e. The summed E-state index contributed by atoms with van der Waals surface area (Å²) in [4.78, 5) is 21.3. The maximum atomic E-state index is 13.2. The Labute approximate surface area is 202 Å². The van der Waals surface area contributed by atoms with E-state index in [1.165, 1.54) is 40.9 Å². The molecule has 174 valence electrons. The molecule has 2 aliphatic heterocycles. The highest BCUT2D eigenvalue weighted by atomic mass is 32.2. The van der Waals surface area contributed by atoms with E-state index in [1.807, 2.05) is 11.6 Å². The average molecular weight is 462 g/mol. The second-order valence-electron chi connectivity index (χ2n) is 9.10. The van der Waals surface area contributed by atoms with Gasteiger partial charge in [-0.15, -0.1) is 0 Å². The number of carbonyl (C=O) groups is 1. The van der Waals surface area contributed by atoms with Gasteiger partial charge >= 0.3 is 0 Å². The number of likely N-dealkylation sites (tertiary alicyclic amines) is 1. The highest BCUT2D eigenvalue weighted by molar-refractivity contribution is 8.15. The van der Waals surface area contributed by atoms with Crippen molar-refractivity contribution in [3.8, 4) is 0 Å². The van der Waals surface area contributed by atoms with E-state index < -0.39 is 0 Å². The van der Waals surface area contributed by atoms with Gasteiger partial charge in [0.1, 0.15) is 0 Å². The number of rotatable bonds is 7. The van der Waals surface area contributed by atoms with Crippen molar-refractivity contribution in [1.82, 2.24) is 10.2 Å². The lowest BCUT2D eigenvalue weighted by Gasteiger charge is -2.35. The number of thioether (sulfide) groups is 1. The molecule has 0 saturated carbocycles. The van der Waals surface area contributed by atoms with Gasteiger partial charge in [0.15, 0.2) is 0 Å². The Morgan fingerprint density at radius 2 is 2.12 bits per heavy atom. The van der Waals surface area contributed by atoms with E-state index in [2.05, 4.69) is 77.6 Å². The van der Waals surface area contributed by atoms with Crippen LogP contribution in [0.1, 0.15) is 51.5 Å². The van der Waals surface area contributed by atoms with Gasteiger partial charge in [-0.2, -0.15) is 0 Å². The van der Waals surface area contributed by atoms with Crippen LogP contribution in [0.3, 0.4) is 0 Å². The van der Waals surface area contributed by atoms with Crippen molar-refractivity contribution in [3.63, 3.8) is 0 Å². The maximum Gasteiger partial charge on any atom is 0.231 e. The molecule has 3 aliphatic rings. The Balaban J connectivity index is 1.50. The molecule has 2 atom stereocenters. The quantitative estimate of drug-likeness (QED) is 0.545. The summed E-state index contributed by atoms with van der Waals surface area (Å²) in [6.07, 6.45) is 13.8. The maximum absolute atomic E-state index is 13.2. The van der Waals surface area contributed by atoms with Gasteiger partial charge in [0.25, 0.3) is 0 Å². The van der Waals surface area contributed by atoms with E-state index in [1.54, 1.807) is 11.8 Å². The normalized spacial score (nSPS) is 25.2. The number of hydrogen-bond acceptors (Lipinski definition) is 4. The molecular weight excluding hydrogens is 426 g/mol. The third-order valence-corrected chi connectivity index (χ3v) is 7.58. The SMILES string of the molecule is CC/C(=C\C=C1/CN=CS1)NC(=O)C1C=CC(c2ccccc2)=C(CN2CCCCC2C)C1. The second kappa shape index (κ2) is 11.7. The van der Waals surface area contributed by atoms with Crippen LogP contribution in [-0.2, 0) is 4.79 Å². The number of carbonyl (C=O) groups excluding carboxylic acids is 1. The molecular formula is C28H35N3OS.